The van der Waals surface area contributed by atoms with Crippen LogP contribution in [0.25, 0.3) is 0 Å². The molecule has 86 valence electrons. The Hall–Kier alpha value is -0.0900. The molecular formula is C11H18ClNOS. The molecule has 4 heteroatoms. The van der Waals surface area contributed by atoms with Crippen molar-refractivity contribution in [3.63, 3.8) is 0 Å². The van der Waals surface area contributed by atoms with Crippen molar-refractivity contribution in [3.8, 4) is 0 Å². The minimum atomic E-state index is -0.252. The van der Waals surface area contributed by atoms with Crippen molar-refractivity contribution in [2.45, 2.75) is 32.4 Å². The highest BCUT2D eigenvalue weighted by Crippen LogP contribution is 2.36. The summed E-state index contributed by atoms with van der Waals surface area (Å²) in [4.78, 5) is 1.14. The number of halogens is 1. The van der Waals surface area contributed by atoms with Gasteiger partial charge in [0.1, 0.15) is 0 Å². The third-order valence-electron chi connectivity index (χ3n) is 2.41. The van der Waals surface area contributed by atoms with E-state index in [1.165, 1.54) is 0 Å². The highest BCUT2D eigenvalue weighted by Gasteiger charge is 2.32. The second-order valence-corrected chi connectivity index (χ2v) is 5.25. The van der Waals surface area contributed by atoms with Crippen LogP contribution in [0.15, 0.2) is 11.4 Å². The Bertz CT molecular complexity index is 311. The molecule has 0 saturated heterocycles. The van der Waals surface area contributed by atoms with Gasteiger partial charge in [0.05, 0.1) is 16.7 Å². The van der Waals surface area contributed by atoms with Gasteiger partial charge in [0.2, 0.25) is 0 Å². The molecule has 0 bridgehead atoms. The molecule has 0 radical (unpaired) electrons. The van der Waals surface area contributed by atoms with E-state index in [0.717, 1.165) is 9.90 Å². The summed E-state index contributed by atoms with van der Waals surface area (Å²) < 4.78 is 5.75. The lowest BCUT2D eigenvalue weighted by Crippen LogP contribution is -2.39. The number of nitrogens with one attached hydrogen (secondary N) is 1. The van der Waals surface area contributed by atoms with Crippen LogP contribution in [0, 0.1) is 0 Å². The van der Waals surface area contributed by atoms with Crippen LogP contribution in [-0.2, 0) is 4.74 Å². The summed E-state index contributed by atoms with van der Waals surface area (Å²) in [6, 6.07) is 2.05. The Morgan fingerprint density at radius 2 is 2.27 bits per heavy atom. The molecule has 0 fully saturated rings. The summed E-state index contributed by atoms with van der Waals surface area (Å²) in [6.45, 7) is 6.86. The van der Waals surface area contributed by atoms with E-state index in [4.69, 9.17) is 16.3 Å². The smallest absolute Gasteiger partial charge is 0.0828 e. The molecule has 0 amide bonds. The molecule has 1 heterocycles. The quantitative estimate of drug-likeness (QED) is 0.860. The van der Waals surface area contributed by atoms with Crippen molar-refractivity contribution >= 4 is 22.9 Å². The van der Waals surface area contributed by atoms with E-state index in [9.17, 15) is 0 Å². The van der Waals surface area contributed by atoms with E-state index in [2.05, 4.69) is 19.2 Å². The molecule has 0 spiro atoms. The van der Waals surface area contributed by atoms with E-state index in [1.54, 1.807) is 11.3 Å². The van der Waals surface area contributed by atoms with Crippen molar-refractivity contribution in [1.29, 1.82) is 0 Å². The molecule has 0 aliphatic rings. The lowest BCUT2D eigenvalue weighted by atomic mass is 9.97. The first kappa shape index (κ1) is 13.0. The monoisotopic (exact) mass is 247 g/mol. The summed E-state index contributed by atoms with van der Waals surface area (Å²) in [5.74, 6) is 0. The van der Waals surface area contributed by atoms with Crippen LogP contribution in [0.3, 0.4) is 0 Å². The molecule has 0 aliphatic carbocycles. The van der Waals surface area contributed by atoms with Gasteiger partial charge in [-0.05, 0) is 39.3 Å². The maximum atomic E-state index is 6.13. The van der Waals surface area contributed by atoms with E-state index in [-0.39, 0.29) is 11.6 Å². The summed E-state index contributed by atoms with van der Waals surface area (Å²) in [7, 11) is 1.93. The topological polar surface area (TPSA) is 21.3 Å². The highest BCUT2D eigenvalue weighted by atomic mass is 35.5. The molecule has 0 aromatic carbocycles. The molecular weight excluding hydrogens is 230 g/mol. The van der Waals surface area contributed by atoms with Gasteiger partial charge in [-0.3, -0.25) is 0 Å². The number of rotatable bonds is 5. The Labute approximate surface area is 101 Å². The fourth-order valence-corrected chi connectivity index (χ4v) is 3.21. The fourth-order valence-electron chi connectivity index (χ4n) is 1.76. The maximum Gasteiger partial charge on any atom is 0.0828 e. The van der Waals surface area contributed by atoms with Gasteiger partial charge in [-0.2, -0.15) is 0 Å². The summed E-state index contributed by atoms with van der Waals surface area (Å²) >= 11 is 7.79. The highest BCUT2D eigenvalue weighted by molar-refractivity contribution is 7.10. The van der Waals surface area contributed by atoms with Crippen LogP contribution >= 0.6 is 22.9 Å². The van der Waals surface area contributed by atoms with Gasteiger partial charge in [0.25, 0.3) is 0 Å². The Balaban J connectivity index is 2.93. The average molecular weight is 248 g/mol. The summed E-state index contributed by atoms with van der Waals surface area (Å²) in [6.07, 6.45) is 0. The third-order valence-corrected chi connectivity index (χ3v) is 3.83. The van der Waals surface area contributed by atoms with E-state index >= 15 is 0 Å². The molecule has 15 heavy (non-hydrogen) atoms. The first-order valence-corrected chi connectivity index (χ1v) is 6.32. The Kier molecular flexibility index (Phi) is 4.59. The van der Waals surface area contributed by atoms with Gasteiger partial charge in [0, 0.05) is 11.5 Å². The summed E-state index contributed by atoms with van der Waals surface area (Å²) in [5, 5.41) is 6.09. The van der Waals surface area contributed by atoms with Gasteiger partial charge >= 0.3 is 0 Å². The van der Waals surface area contributed by atoms with Gasteiger partial charge < -0.3 is 10.1 Å². The average Bonchev–Trinajstić information content (AvgIpc) is 2.53. The van der Waals surface area contributed by atoms with Crippen molar-refractivity contribution in [2.75, 3.05) is 13.7 Å². The second-order valence-electron chi connectivity index (χ2n) is 3.89. The predicted octanol–water partition coefficient (Wildman–Crippen LogP) is 3.48. The molecule has 1 aromatic heterocycles. The zero-order valence-electron chi connectivity index (χ0n) is 9.63. The molecule has 1 unspecified atom stereocenters. The number of thiophene rings is 1. The Morgan fingerprint density at radius 1 is 1.60 bits per heavy atom. The molecule has 0 saturated carbocycles. The zero-order chi connectivity index (χ0) is 11.5. The lowest BCUT2D eigenvalue weighted by molar-refractivity contribution is -0.0366. The predicted molar refractivity (Wildman–Crippen MR) is 66.8 cm³/mol. The molecule has 1 N–H and O–H groups in total. The standard InChI is InChI=1S/C11H18ClNOS/c1-5-14-11(2,3)10(13-4)9-8(12)6-7-15-9/h6-7,10,13H,5H2,1-4H3. The van der Waals surface area contributed by atoms with Crippen molar-refractivity contribution in [1.82, 2.24) is 5.32 Å². The van der Waals surface area contributed by atoms with Crippen molar-refractivity contribution in [2.24, 2.45) is 0 Å². The molecule has 0 aliphatic heterocycles. The van der Waals surface area contributed by atoms with Crippen LogP contribution in [0.2, 0.25) is 5.02 Å². The van der Waals surface area contributed by atoms with Crippen LogP contribution in [0.1, 0.15) is 31.7 Å². The first-order valence-electron chi connectivity index (χ1n) is 5.07. The fraction of sp³-hybridized carbons (Fsp3) is 0.636. The number of hydrogen-bond donors (Lipinski definition) is 1. The molecule has 1 atom stereocenters. The van der Waals surface area contributed by atoms with E-state index in [0.29, 0.717) is 6.61 Å². The first-order chi connectivity index (χ1) is 7.03. The number of ether oxygens (including phenoxy) is 1. The van der Waals surface area contributed by atoms with E-state index < -0.39 is 0 Å². The normalized spacial score (nSPS) is 14.2. The maximum absolute atomic E-state index is 6.13. The minimum Gasteiger partial charge on any atom is -0.374 e. The van der Waals surface area contributed by atoms with Crippen molar-refractivity contribution in [3.05, 3.63) is 21.3 Å². The molecule has 2 nitrogen and oxygen atoms in total. The molecule has 1 aromatic rings. The van der Waals surface area contributed by atoms with Crippen molar-refractivity contribution < 1.29 is 4.74 Å². The Morgan fingerprint density at radius 3 is 2.67 bits per heavy atom. The van der Waals surface area contributed by atoms with Crippen LogP contribution in [0.4, 0.5) is 0 Å². The SMILES string of the molecule is CCOC(C)(C)C(NC)c1sccc1Cl. The van der Waals surface area contributed by atoms with Gasteiger partial charge in [-0.25, -0.2) is 0 Å². The zero-order valence-corrected chi connectivity index (χ0v) is 11.2. The van der Waals surface area contributed by atoms with Crippen LogP contribution < -0.4 is 5.32 Å². The minimum absolute atomic E-state index is 0.130. The van der Waals surface area contributed by atoms with Crippen LogP contribution in [0.5, 0.6) is 0 Å². The lowest BCUT2D eigenvalue weighted by Gasteiger charge is -2.33. The second kappa shape index (κ2) is 5.30. The van der Waals surface area contributed by atoms with E-state index in [1.807, 2.05) is 25.4 Å². The molecule has 1 rings (SSSR count). The van der Waals surface area contributed by atoms with Gasteiger partial charge in [-0.1, -0.05) is 11.6 Å². The third kappa shape index (κ3) is 2.94. The summed E-state index contributed by atoms with van der Waals surface area (Å²) in [5.41, 5.74) is -0.252. The number of likely N-dealkylation sites (N-methyl/N-ethyl adjacent to an activating group) is 1. The number of hydrogen-bond acceptors (Lipinski definition) is 3. The van der Waals surface area contributed by atoms with Crippen LogP contribution in [-0.4, -0.2) is 19.3 Å². The van der Waals surface area contributed by atoms with Gasteiger partial charge in [-0.15, -0.1) is 11.3 Å². The largest absolute Gasteiger partial charge is 0.374 e. The van der Waals surface area contributed by atoms with Gasteiger partial charge in [0.15, 0.2) is 0 Å².